The number of hydrogen-bond donors (Lipinski definition) is 2. The van der Waals surface area contributed by atoms with Crippen LogP contribution in [0.3, 0.4) is 0 Å². The van der Waals surface area contributed by atoms with Gasteiger partial charge in [0.25, 0.3) is 0 Å². The second kappa shape index (κ2) is 8.58. The summed E-state index contributed by atoms with van der Waals surface area (Å²) < 4.78 is 5.56. The second-order valence-electron chi connectivity index (χ2n) is 6.44. The molecule has 6 heteroatoms. The van der Waals surface area contributed by atoms with Crippen molar-refractivity contribution in [2.24, 2.45) is 0 Å². The van der Waals surface area contributed by atoms with Crippen LogP contribution < -0.4 is 15.4 Å². The van der Waals surface area contributed by atoms with E-state index in [1.807, 2.05) is 19.1 Å². The molecular formula is C21H25N3O3. The highest BCUT2D eigenvalue weighted by atomic mass is 16.5. The number of urea groups is 1. The van der Waals surface area contributed by atoms with E-state index >= 15 is 0 Å². The summed E-state index contributed by atoms with van der Waals surface area (Å²) in [4.78, 5) is 25.8. The summed E-state index contributed by atoms with van der Waals surface area (Å²) in [6.07, 6.45) is 1.26. The Morgan fingerprint density at radius 2 is 1.70 bits per heavy atom. The average Bonchev–Trinajstić information content (AvgIpc) is 2.69. The van der Waals surface area contributed by atoms with Crippen molar-refractivity contribution in [2.45, 2.75) is 33.2 Å². The van der Waals surface area contributed by atoms with E-state index in [-0.39, 0.29) is 11.9 Å². The minimum atomic E-state index is -0.132. The third-order valence-corrected chi connectivity index (χ3v) is 4.53. The second-order valence-corrected chi connectivity index (χ2v) is 6.44. The van der Waals surface area contributed by atoms with E-state index in [0.29, 0.717) is 31.8 Å². The van der Waals surface area contributed by atoms with E-state index in [1.165, 1.54) is 5.56 Å². The van der Waals surface area contributed by atoms with Crippen molar-refractivity contribution in [3.8, 4) is 5.75 Å². The molecule has 0 fully saturated rings. The topological polar surface area (TPSA) is 70.7 Å². The largest absolute Gasteiger partial charge is 0.494 e. The van der Waals surface area contributed by atoms with Gasteiger partial charge < -0.3 is 20.3 Å². The van der Waals surface area contributed by atoms with Gasteiger partial charge in [-0.3, -0.25) is 4.79 Å². The van der Waals surface area contributed by atoms with Crippen LogP contribution in [0.1, 0.15) is 31.4 Å². The highest BCUT2D eigenvalue weighted by molar-refractivity contribution is 5.92. The molecule has 0 spiro atoms. The van der Waals surface area contributed by atoms with Crippen LogP contribution in [0.15, 0.2) is 42.5 Å². The van der Waals surface area contributed by atoms with Gasteiger partial charge in [0, 0.05) is 30.9 Å². The molecule has 27 heavy (non-hydrogen) atoms. The van der Waals surface area contributed by atoms with Crippen LogP contribution in [-0.2, 0) is 17.8 Å². The van der Waals surface area contributed by atoms with Crippen molar-refractivity contribution in [3.05, 3.63) is 53.6 Å². The number of ether oxygens (including phenoxy) is 1. The molecule has 3 rings (SSSR count). The molecule has 0 bridgehead atoms. The van der Waals surface area contributed by atoms with Crippen molar-refractivity contribution in [2.75, 3.05) is 23.8 Å². The summed E-state index contributed by atoms with van der Waals surface area (Å²) >= 11 is 0. The molecule has 0 aromatic heterocycles. The lowest BCUT2D eigenvalue weighted by atomic mass is 10.00. The average molecular weight is 367 g/mol. The summed E-state index contributed by atoms with van der Waals surface area (Å²) in [6.45, 7) is 5.62. The van der Waals surface area contributed by atoms with Crippen molar-refractivity contribution >= 4 is 23.3 Å². The standard InChI is InChI=1S/C21H25N3O3/c1-3-20(25)22-17-6-8-18(9-7-17)23-21(26)24-12-11-15-5-10-19(27-4-2)13-16(15)14-24/h5-10,13H,3-4,11-12,14H2,1-2H3,(H,22,25)(H,23,26). The van der Waals surface area contributed by atoms with E-state index in [1.54, 1.807) is 36.1 Å². The van der Waals surface area contributed by atoms with Crippen LogP contribution in [-0.4, -0.2) is 30.0 Å². The lowest BCUT2D eigenvalue weighted by Crippen LogP contribution is -2.38. The fourth-order valence-corrected chi connectivity index (χ4v) is 3.05. The monoisotopic (exact) mass is 367 g/mol. The minimum Gasteiger partial charge on any atom is -0.494 e. The van der Waals surface area contributed by atoms with Crippen LogP contribution in [0, 0.1) is 0 Å². The first-order valence-corrected chi connectivity index (χ1v) is 9.29. The van der Waals surface area contributed by atoms with E-state index in [9.17, 15) is 9.59 Å². The molecule has 0 unspecified atom stereocenters. The number of fused-ring (bicyclic) bond motifs is 1. The normalized spacial score (nSPS) is 12.9. The maximum absolute atomic E-state index is 12.6. The summed E-state index contributed by atoms with van der Waals surface area (Å²) in [6, 6.07) is 13.1. The summed E-state index contributed by atoms with van der Waals surface area (Å²) in [5.41, 5.74) is 3.80. The van der Waals surface area contributed by atoms with Crippen LogP contribution >= 0.6 is 0 Å². The summed E-state index contributed by atoms with van der Waals surface area (Å²) in [5.74, 6) is 0.799. The SMILES string of the molecule is CCOc1ccc2c(c1)CN(C(=O)Nc1ccc(NC(=O)CC)cc1)CC2. The smallest absolute Gasteiger partial charge is 0.322 e. The van der Waals surface area contributed by atoms with Gasteiger partial charge in [0.05, 0.1) is 6.61 Å². The molecule has 2 N–H and O–H groups in total. The third kappa shape index (κ3) is 4.78. The number of nitrogens with one attached hydrogen (secondary N) is 2. The van der Waals surface area contributed by atoms with Gasteiger partial charge in [-0.2, -0.15) is 0 Å². The highest BCUT2D eigenvalue weighted by Crippen LogP contribution is 2.24. The number of nitrogens with zero attached hydrogens (tertiary/aromatic N) is 1. The zero-order chi connectivity index (χ0) is 19.2. The van der Waals surface area contributed by atoms with Crippen LogP contribution in [0.4, 0.5) is 16.2 Å². The van der Waals surface area contributed by atoms with Gasteiger partial charge in [-0.25, -0.2) is 4.79 Å². The molecule has 6 nitrogen and oxygen atoms in total. The lowest BCUT2D eigenvalue weighted by molar-refractivity contribution is -0.115. The molecule has 0 saturated heterocycles. The Balaban J connectivity index is 1.61. The molecule has 0 atom stereocenters. The highest BCUT2D eigenvalue weighted by Gasteiger charge is 2.21. The minimum absolute atomic E-state index is 0.0369. The van der Waals surface area contributed by atoms with Gasteiger partial charge in [-0.05, 0) is 60.9 Å². The lowest BCUT2D eigenvalue weighted by Gasteiger charge is -2.29. The van der Waals surface area contributed by atoms with Crippen LogP contribution in [0.5, 0.6) is 5.75 Å². The first-order valence-electron chi connectivity index (χ1n) is 9.29. The molecule has 2 aromatic rings. The zero-order valence-corrected chi connectivity index (χ0v) is 15.7. The Labute approximate surface area is 159 Å². The Morgan fingerprint density at radius 1 is 1.00 bits per heavy atom. The molecule has 1 aliphatic rings. The van der Waals surface area contributed by atoms with E-state index < -0.39 is 0 Å². The van der Waals surface area contributed by atoms with Crippen LogP contribution in [0.2, 0.25) is 0 Å². The van der Waals surface area contributed by atoms with Crippen LogP contribution in [0.25, 0.3) is 0 Å². The van der Waals surface area contributed by atoms with Gasteiger partial charge in [0.1, 0.15) is 5.75 Å². The van der Waals surface area contributed by atoms with Gasteiger partial charge in [-0.15, -0.1) is 0 Å². The quantitative estimate of drug-likeness (QED) is 0.838. The molecular weight excluding hydrogens is 342 g/mol. The predicted molar refractivity (Wildman–Crippen MR) is 106 cm³/mol. The molecule has 2 aromatic carbocycles. The number of hydrogen-bond acceptors (Lipinski definition) is 3. The third-order valence-electron chi connectivity index (χ3n) is 4.53. The van der Waals surface area contributed by atoms with Crippen molar-refractivity contribution in [1.29, 1.82) is 0 Å². The first kappa shape index (κ1) is 18.8. The molecule has 0 aliphatic carbocycles. The Hall–Kier alpha value is -3.02. The maximum Gasteiger partial charge on any atom is 0.322 e. The van der Waals surface area contributed by atoms with E-state index in [0.717, 1.165) is 23.4 Å². The number of carbonyl (C=O) groups is 2. The number of amides is 3. The fraction of sp³-hybridized carbons (Fsp3) is 0.333. The zero-order valence-electron chi connectivity index (χ0n) is 15.7. The van der Waals surface area contributed by atoms with Gasteiger partial charge in [-0.1, -0.05) is 13.0 Å². The predicted octanol–water partition coefficient (Wildman–Crippen LogP) is 4.02. The number of carbonyl (C=O) groups excluding carboxylic acids is 2. The summed E-state index contributed by atoms with van der Waals surface area (Å²) in [5, 5.41) is 5.71. The van der Waals surface area contributed by atoms with E-state index in [4.69, 9.17) is 4.74 Å². The number of benzene rings is 2. The first-order chi connectivity index (χ1) is 13.1. The molecule has 0 saturated carbocycles. The molecule has 1 aliphatic heterocycles. The van der Waals surface area contributed by atoms with Crippen molar-refractivity contribution in [3.63, 3.8) is 0 Å². The molecule has 1 heterocycles. The molecule has 3 amide bonds. The number of anilines is 2. The summed E-state index contributed by atoms with van der Waals surface area (Å²) in [7, 11) is 0. The Morgan fingerprint density at radius 3 is 2.37 bits per heavy atom. The maximum atomic E-state index is 12.6. The van der Waals surface area contributed by atoms with Crippen molar-refractivity contribution in [1.82, 2.24) is 4.90 Å². The van der Waals surface area contributed by atoms with Gasteiger partial charge >= 0.3 is 6.03 Å². The van der Waals surface area contributed by atoms with E-state index in [2.05, 4.69) is 16.7 Å². The fourth-order valence-electron chi connectivity index (χ4n) is 3.05. The number of rotatable bonds is 5. The Kier molecular flexibility index (Phi) is 5.96. The van der Waals surface area contributed by atoms with Crippen molar-refractivity contribution < 1.29 is 14.3 Å². The Bertz CT molecular complexity index is 818. The van der Waals surface area contributed by atoms with Gasteiger partial charge in [0.15, 0.2) is 0 Å². The molecule has 142 valence electrons. The molecule has 0 radical (unpaired) electrons. The van der Waals surface area contributed by atoms with Gasteiger partial charge in [0.2, 0.25) is 5.91 Å².